The Bertz CT molecular complexity index is 2300. The van der Waals surface area contributed by atoms with Crippen LogP contribution in [0, 0.1) is 25.9 Å². The molecule has 0 aliphatic heterocycles. The number of aromatic nitrogens is 3. The first kappa shape index (κ1) is 25.5. The van der Waals surface area contributed by atoms with Crippen LogP contribution >= 0.6 is 0 Å². The molecular weight excluding hydrogens is 719 g/mol. The van der Waals surface area contributed by atoms with Crippen molar-refractivity contribution in [3.05, 3.63) is 151 Å². The molecule has 5 heteroatoms. The van der Waals surface area contributed by atoms with E-state index in [1.54, 1.807) is 24.4 Å². The fraction of sp³-hybridized carbons (Fsp3) is 0.0513. The molecule has 8 aromatic rings. The van der Waals surface area contributed by atoms with Gasteiger partial charge in [0.2, 0.25) is 0 Å². The third-order valence-corrected chi connectivity index (χ3v) is 7.32. The summed E-state index contributed by atoms with van der Waals surface area (Å²) in [5.74, 6) is 0. The molecule has 215 valence electrons. The minimum absolute atomic E-state index is 0. The molecule has 0 saturated carbocycles. The number of fused-ring (bicyclic) bond motifs is 4. The summed E-state index contributed by atoms with van der Waals surface area (Å²) in [6.07, 6.45) is 6.95. The van der Waals surface area contributed by atoms with E-state index in [0.29, 0.717) is 0 Å². The van der Waals surface area contributed by atoms with E-state index in [4.69, 9.17) is 8.53 Å². The van der Waals surface area contributed by atoms with E-state index < -0.39 is 6.85 Å². The zero-order valence-electron chi connectivity index (χ0n) is 26.7. The van der Waals surface area contributed by atoms with Crippen molar-refractivity contribution < 1.29 is 28.6 Å². The molecule has 4 nitrogen and oxygen atoms in total. The zero-order chi connectivity index (χ0) is 31.7. The van der Waals surface area contributed by atoms with Crippen molar-refractivity contribution in [2.75, 3.05) is 0 Å². The van der Waals surface area contributed by atoms with Crippen molar-refractivity contribution in [1.29, 1.82) is 0 Å². The molecule has 1 radical (unpaired) electrons. The first-order valence-electron chi connectivity index (χ1n) is 15.4. The summed E-state index contributed by atoms with van der Waals surface area (Å²) in [4.78, 5) is 13.0. The van der Waals surface area contributed by atoms with Crippen molar-refractivity contribution in [3.8, 4) is 33.6 Å². The van der Waals surface area contributed by atoms with Crippen molar-refractivity contribution in [1.82, 2.24) is 15.0 Å². The summed E-state index contributed by atoms with van der Waals surface area (Å²) in [6, 6.07) is 39.8. The first-order chi connectivity index (χ1) is 22.4. The van der Waals surface area contributed by atoms with E-state index in [1.807, 2.05) is 54.9 Å². The van der Waals surface area contributed by atoms with Crippen LogP contribution in [0.4, 0.5) is 0 Å². The monoisotopic (exact) mass is 749 g/mol. The number of furan rings is 1. The summed E-state index contributed by atoms with van der Waals surface area (Å²) in [6.45, 7) is 0.0300. The van der Waals surface area contributed by atoms with Crippen molar-refractivity contribution in [2.24, 2.45) is 0 Å². The molecule has 0 fully saturated rings. The molecule has 0 unspecified atom stereocenters. The molecule has 4 aromatic carbocycles. The minimum atomic E-state index is -2.09. The van der Waals surface area contributed by atoms with E-state index in [-0.39, 0.29) is 25.7 Å². The normalized spacial score (nSPS) is 12.1. The fourth-order valence-corrected chi connectivity index (χ4v) is 5.35. The molecule has 0 aliphatic carbocycles. The number of para-hydroxylation sites is 1. The van der Waals surface area contributed by atoms with Crippen molar-refractivity contribution in [3.63, 3.8) is 0 Å². The molecule has 44 heavy (non-hydrogen) atoms. The summed E-state index contributed by atoms with van der Waals surface area (Å²) in [5, 5.41) is 4.46. The van der Waals surface area contributed by atoms with Crippen LogP contribution in [-0.4, -0.2) is 15.0 Å². The predicted molar refractivity (Wildman–Crippen MR) is 175 cm³/mol. The van der Waals surface area contributed by atoms with E-state index >= 15 is 0 Å². The van der Waals surface area contributed by atoms with Gasteiger partial charge >= 0.3 is 0 Å². The molecule has 8 rings (SSSR count). The van der Waals surface area contributed by atoms with Crippen LogP contribution in [0.2, 0.25) is 0 Å². The molecule has 4 heterocycles. The Hall–Kier alpha value is -4.96. The Balaban J connectivity index is 0.000000194. The second kappa shape index (κ2) is 12.7. The summed E-state index contributed by atoms with van der Waals surface area (Å²) in [5.41, 5.74) is 8.68. The van der Waals surface area contributed by atoms with Crippen LogP contribution in [0.3, 0.4) is 0 Å². The van der Waals surface area contributed by atoms with Gasteiger partial charge in [0.25, 0.3) is 0 Å². The first-order valence-corrected chi connectivity index (χ1v) is 13.9. The van der Waals surface area contributed by atoms with E-state index in [0.717, 1.165) is 61.0 Å². The van der Waals surface area contributed by atoms with E-state index in [9.17, 15) is 0 Å². The smallest absolute Gasteiger partial charge is 0.128 e. The third-order valence-electron chi connectivity index (χ3n) is 7.32. The van der Waals surface area contributed by atoms with Crippen LogP contribution in [0.5, 0.6) is 0 Å². The van der Waals surface area contributed by atoms with Gasteiger partial charge in [-0.25, -0.2) is 0 Å². The van der Waals surface area contributed by atoms with E-state index in [1.165, 1.54) is 17.1 Å². The van der Waals surface area contributed by atoms with E-state index in [2.05, 4.69) is 76.5 Å². The Morgan fingerprint density at radius 1 is 0.659 bits per heavy atom. The van der Waals surface area contributed by atoms with Gasteiger partial charge in [0.15, 0.2) is 0 Å². The second-order valence-corrected chi connectivity index (χ2v) is 10.2. The van der Waals surface area contributed by atoms with Gasteiger partial charge in [-0.1, -0.05) is 65.5 Å². The quantitative estimate of drug-likeness (QED) is 0.169. The summed E-state index contributed by atoms with van der Waals surface area (Å²) >= 11 is 0. The summed E-state index contributed by atoms with van der Waals surface area (Å²) in [7, 11) is 0. The van der Waals surface area contributed by atoms with Crippen LogP contribution < -0.4 is 0 Å². The van der Waals surface area contributed by atoms with Crippen LogP contribution in [0.15, 0.2) is 132 Å². The molecule has 0 bridgehead atoms. The Labute approximate surface area is 274 Å². The molecule has 0 N–H and O–H groups in total. The standard InChI is InChI=1S/C27H17N2O.C12H10N.Ir/c1-17-14-18-11-13-28-16-24(18)23(15-17)21-8-4-6-19-20-7-5-9-22(27(20)30-26(19)21)25-10-2-3-12-29-25;1-10-7-8-12(13-9-10)11-5-3-2-4-6-11;/h2-8,10-16H,1H3;2-5,7-9H,1H3;/q2*-1;/i;1D3;. The number of benzene rings is 4. The topological polar surface area (TPSA) is 51.8 Å². The number of hydrogen-bond donors (Lipinski definition) is 0. The maximum Gasteiger partial charge on any atom is 0.128 e. The summed E-state index contributed by atoms with van der Waals surface area (Å²) < 4.78 is 28.2. The van der Waals surface area contributed by atoms with Gasteiger partial charge in [0.05, 0.1) is 5.58 Å². The molecular formula is C39H27IrN3O-2. The molecule has 0 aliphatic rings. The van der Waals surface area contributed by atoms with Crippen LogP contribution in [-0.2, 0) is 20.1 Å². The maximum absolute atomic E-state index is 7.23. The molecule has 0 amide bonds. The van der Waals surface area contributed by atoms with Gasteiger partial charge in [-0.3, -0.25) is 4.98 Å². The van der Waals surface area contributed by atoms with Gasteiger partial charge < -0.3 is 14.4 Å². The molecule has 0 saturated heterocycles. The van der Waals surface area contributed by atoms with Crippen molar-refractivity contribution >= 4 is 32.7 Å². The molecule has 4 aromatic heterocycles. The fourth-order valence-electron chi connectivity index (χ4n) is 5.35. The number of pyridine rings is 3. The maximum atomic E-state index is 7.23. The van der Waals surface area contributed by atoms with Gasteiger partial charge in [0, 0.05) is 65.3 Å². The van der Waals surface area contributed by atoms with Crippen molar-refractivity contribution in [2.45, 2.75) is 13.8 Å². The van der Waals surface area contributed by atoms with Gasteiger partial charge in [-0.05, 0) is 59.4 Å². The predicted octanol–water partition coefficient (Wildman–Crippen LogP) is 9.83. The van der Waals surface area contributed by atoms with Gasteiger partial charge in [0.1, 0.15) is 5.58 Å². The Morgan fingerprint density at radius 2 is 1.57 bits per heavy atom. The van der Waals surface area contributed by atoms with Gasteiger partial charge in [-0.15, -0.1) is 54.1 Å². The Morgan fingerprint density at radius 3 is 2.36 bits per heavy atom. The largest absolute Gasteiger partial charge is 0.500 e. The van der Waals surface area contributed by atoms with Crippen LogP contribution in [0.1, 0.15) is 15.2 Å². The minimum Gasteiger partial charge on any atom is -0.500 e. The zero-order valence-corrected chi connectivity index (χ0v) is 26.1. The van der Waals surface area contributed by atoms with Crippen LogP contribution in [0.25, 0.3) is 66.4 Å². The Kier molecular flexibility index (Phi) is 7.38. The molecule has 0 spiro atoms. The number of nitrogens with zero attached hydrogens (tertiary/aromatic N) is 3. The molecule has 0 atom stereocenters. The van der Waals surface area contributed by atoms with Gasteiger partial charge in [-0.2, -0.15) is 0 Å². The number of rotatable bonds is 3. The second-order valence-electron chi connectivity index (χ2n) is 10.2. The average Bonchev–Trinajstić information content (AvgIpc) is 3.48. The number of hydrogen-bond acceptors (Lipinski definition) is 4. The third kappa shape index (κ3) is 5.68. The SMILES string of the molecule is Cc1cc(-c2cccc3c2oc2c(-c4ccccn4)[c-]ccc23)c2cnccc2c1.[2H]C([2H])([2H])c1ccc(-c2[c-]cccc2)nc1.[Ir]. The average molecular weight is 749 g/mol. The number of aryl methyl sites for hydroxylation is 2.